The molecule has 1 atom stereocenters. The van der Waals surface area contributed by atoms with Crippen LogP contribution in [0, 0.1) is 0 Å². The van der Waals surface area contributed by atoms with Crippen LogP contribution in [0.15, 0.2) is 48.5 Å². The Bertz CT molecular complexity index is 688. The van der Waals surface area contributed by atoms with Crippen LogP contribution in [0.25, 0.3) is 0 Å². The molecular formula is C18H20N2O3. The van der Waals surface area contributed by atoms with Crippen molar-refractivity contribution in [2.24, 2.45) is 5.73 Å². The number of benzene rings is 2. The van der Waals surface area contributed by atoms with Crippen LogP contribution in [0.1, 0.15) is 17.2 Å². The summed E-state index contributed by atoms with van der Waals surface area (Å²) in [5, 5.41) is 0. The maximum atomic E-state index is 11.9. The van der Waals surface area contributed by atoms with E-state index in [4.69, 9.17) is 15.2 Å². The lowest BCUT2D eigenvalue weighted by Gasteiger charge is -2.26. The van der Waals surface area contributed by atoms with E-state index in [1.165, 1.54) is 0 Å². The number of hydrogen-bond acceptors (Lipinski definition) is 4. The van der Waals surface area contributed by atoms with Crippen molar-refractivity contribution in [1.82, 2.24) is 4.90 Å². The molecule has 1 aliphatic heterocycles. The monoisotopic (exact) mass is 312 g/mol. The molecule has 0 aliphatic carbocycles. The van der Waals surface area contributed by atoms with Gasteiger partial charge >= 0.3 is 0 Å². The summed E-state index contributed by atoms with van der Waals surface area (Å²) >= 11 is 0. The van der Waals surface area contributed by atoms with Crippen molar-refractivity contribution >= 4 is 5.91 Å². The Hall–Kier alpha value is -2.53. The van der Waals surface area contributed by atoms with E-state index >= 15 is 0 Å². The normalized spacial score (nSPS) is 14.5. The van der Waals surface area contributed by atoms with Gasteiger partial charge in [0.25, 0.3) is 0 Å². The van der Waals surface area contributed by atoms with Crippen LogP contribution in [0.5, 0.6) is 11.5 Å². The highest BCUT2D eigenvalue weighted by atomic mass is 16.6. The molecule has 2 aromatic carbocycles. The molecule has 1 heterocycles. The second-order valence-electron chi connectivity index (χ2n) is 5.61. The van der Waals surface area contributed by atoms with Crippen LogP contribution in [0.2, 0.25) is 0 Å². The molecule has 0 saturated heterocycles. The fourth-order valence-corrected chi connectivity index (χ4v) is 2.84. The van der Waals surface area contributed by atoms with Gasteiger partial charge in [-0.2, -0.15) is 0 Å². The molecule has 1 unspecified atom stereocenters. The minimum atomic E-state index is -0.468. The molecule has 0 fully saturated rings. The summed E-state index contributed by atoms with van der Waals surface area (Å²) in [6.45, 7) is 1.71. The first-order chi connectivity index (χ1) is 11.1. The van der Waals surface area contributed by atoms with E-state index in [9.17, 15) is 4.79 Å². The molecular weight excluding hydrogens is 292 g/mol. The fraction of sp³-hybridized carbons (Fsp3) is 0.278. The zero-order valence-electron chi connectivity index (χ0n) is 13.1. The van der Waals surface area contributed by atoms with Crippen molar-refractivity contribution in [2.45, 2.75) is 12.6 Å². The van der Waals surface area contributed by atoms with E-state index in [0.717, 1.165) is 22.6 Å². The van der Waals surface area contributed by atoms with Gasteiger partial charge in [-0.05, 0) is 30.3 Å². The highest BCUT2D eigenvalue weighted by molar-refractivity contribution is 5.81. The summed E-state index contributed by atoms with van der Waals surface area (Å²) in [4.78, 5) is 13.8. The molecule has 2 N–H and O–H groups in total. The largest absolute Gasteiger partial charge is 0.486 e. The Kier molecular flexibility index (Phi) is 4.48. The number of nitrogens with two attached hydrogens (primary N) is 1. The number of likely N-dealkylation sites (N-methyl/N-ethyl adjacent to an activating group) is 1. The number of carbonyl (C=O) groups is 1. The first-order valence-corrected chi connectivity index (χ1v) is 7.58. The molecule has 1 amide bonds. The summed E-state index contributed by atoms with van der Waals surface area (Å²) in [5.74, 6) is 1.14. The number of fused-ring (bicyclic) bond motifs is 1. The number of primary amides is 1. The lowest BCUT2D eigenvalue weighted by atomic mass is 10.0. The molecule has 23 heavy (non-hydrogen) atoms. The van der Waals surface area contributed by atoms with Gasteiger partial charge in [-0.3, -0.25) is 9.69 Å². The molecule has 120 valence electrons. The Morgan fingerprint density at radius 1 is 1.13 bits per heavy atom. The highest BCUT2D eigenvalue weighted by Crippen LogP contribution is 2.31. The van der Waals surface area contributed by atoms with Crippen LogP contribution < -0.4 is 15.2 Å². The third-order valence-electron chi connectivity index (χ3n) is 3.86. The molecule has 0 aromatic heterocycles. The van der Waals surface area contributed by atoms with Crippen molar-refractivity contribution in [3.8, 4) is 11.5 Å². The zero-order valence-corrected chi connectivity index (χ0v) is 13.1. The van der Waals surface area contributed by atoms with Gasteiger partial charge < -0.3 is 15.2 Å². The second-order valence-corrected chi connectivity index (χ2v) is 5.61. The number of nitrogens with zero attached hydrogens (tertiary/aromatic N) is 1. The van der Waals surface area contributed by atoms with Gasteiger partial charge in [-0.15, -0.1) is 0 Å². The van der Waals surface area contributed by atoms with Crippen molar-refractivity contribution in [3.63, 3.8) is 0 Å². The van der Waals surface area contributed by atoms with E-state index in [0.29, 0.717) is 19.8 Å². The van der Waals surface area contributed by atoms with E-state index in [1.54, 1.807) is 0 Å². The van der Waals surface area contributed by atoms with Gasteiger partial charge in [-0.25, -0.2) is 0 Å². The summed E-state index contributed by atoms with van der Waals surface area (Å²) in [5.41, 5.74) is 7.54. The number of amides is 1. The maximum Gasteiger partial charge on any atom is 0.239 e. The number of hydrogen-bond donors (Lipinski definition) is 1. The molecule has 0 radical (unpaired) electrons. The fourth-order valence-electron chi connectivity index (χ4n) is 2.84. The zero-order chi connectivity index (χ0) is 16.2. The van der Waals surface area contributed by atoms with Crippen molar-refractivity contribution in [2.75, 3.05) is 20.3 Å². The van der Waals surface area contributed by atoms with Crippen LogP contribution >= 0.6 is 0 Å². The second kappa shape index (κ2) is 6.71. The minimum absolute atomic E-state index is 0.365. The van der Waals surface area contributed by atoms with Gasteiger partial charge in [0.05, 0.1) is 0 Å². The summed E-state index contributed by atoms with van der Waals surface area (Å²) in [6, 6.07) is 14.9. The van der Waals surface area contributed by atoms with Gasteiger partial charge in [0.1, 0.15) is 19.3 Å². The van der Waals surface area contributed by atoms with Crippen molar-refractivity contribution < 1.29 is 14.3 Å². The van der Waals surface area contributed by atoms with E-state index in [2.05, 4.69) is 0 Å². The smallest absolute Gasteiger partial charge is 0.239 e. The van der Waals surface area contributed by atoms with E-state index in [1.807, 2.05) is 60.5 Å². The predicted octanol–water partition coefficient (Wildman–Crippen LogP) is 2.12. The van der Waals surface area contributed by atoms with E-state index < -0.39 is 6.04 Å². The Labute approximate surface area is 135 Å². The maximum absolute atomic E-state index is 11.9. The summed E-state index contributed by atoms with van der Waals surface area (Å²) < 4.78 is 11.1. The first kappa shape index (κ1) is 15.4. The van der Waals surface area contributed by atoms with Gasteiger partial charge in [-0.1, -0.05) is 36.4 Å². The van der Waals surface area contributed by atoms with Gasteiger partial charge in [0.15, 0.2) is 11.5 Å². The lowest BCUT2D eigenvalue weighted by Crippen LogP contribution is -2.35. The van der Waals surface area contributed by atoms with E-state index in [-0.39, 0.29) is 5.91 Å². The van der Waals surface area contributed by atoms with Gasteiger partial charge in [0.2, 0.25) is 5.91 Å². The average molecular weight is 312 g/mol. The number of rotatable bonds is 5. The van der Waals surface area contributed by atoms with Crippen LogP contribution in [0.4, 0.5) is 0 Å². The Balaban J connectivity index is 1.79. The first-order valence-electron chi connectivity index (χ1n) is 7.58. The third kappa shape index (κ3) is 3.46. The third-order valence-corrected chi connectivity index (χ3v) is 3.86. The molecule has 5 heteroatoms. The topological polar surface area (TPSA) is 64.8 Å². The Morgan fingerprint density at radius 3 is 2.52 bits per heavy atom. The number of carbonyl (C=O) groups excluding carboxylic acids is 1. The molecule has 0 saturated carbocycles. The SMILES string of the molecule is CN(Cc1ccc2c(c1)OCCO2)C(C(N)=O)c1ccccc1. The average Bonchev–Trinajstić information content (AvgIpc) is 2.55. The Morgan fingerprint density at radius 2 is 1.83 bits per heavy atom. The summed E-state index contributed by atoms with van der Waals surface area (Å²) in [6.07, 6.45) is 0. The highest BCUT2D eigenvalue weighted by Gasteiger charge is 2.23. The van der Waals surface area contributed by atoms with Crippen LogP contribution in [-0.2, 0) is 11.3 Å². The van der Waals surface area contributed by atoms with Crippen LogP contribution in [0.3, 0.4) is 0 Å². The standard InChI is InChI=1S/C18H20N2O3/c1-20(17(18(19)21)14-5-3-2-4-6-14)12-13-7-8-15-16(11-13)23-10-9-22-15/h2-8,11,17H,9-10,12H2,1H3,(H2,19,21). The number of ether oxygens (including phenoxy) is 2. The lowest BCUT2D eigenvalue weighted by molar-refractivity contribution is -0.123. The van der Waals surface area contributed by atoms with Crippen molar-refractivity contribution in [1.29, 1.82) is 0 Å². The molecule has 3 rings (SSSR count). The molecule has 0 bridgehead atoms. The quantitative estimate of drug-likeness (QED) is 0.918. The predicted molar refractivity (Wildman–Crippen MR) is 87.3 cm³/mol. The summed E-state index contributed by atoms with van der Waals surface area (Å²) in [7, 11) is 1.89. The van der Waals surface area contributed by atoms with Crippen molar-refractivity contribution in [3.05, 3.63) is 59.7 Å². The molecule has 0 spiro atoms. The van der Waals surface area contributed by atoms with Crippen LogP contribution in [-0.4, -0.2) is 31.1 Å². The van der Waals surface area contributed by atoms with Gasteiger partial charge in [0, 0.05) is 6.54 Å². The molecule has 5 nitrogen and oxygen atoms in total. The minimum Gasteiger partial charge on any atom is -0.486 e. The molecule has 1 aliphatic rings. The molecule has 2 aromatic rings.